The molecule has 1 amide bonds. The highest BCUT2D eigenvalue weighted by atomic mass is 16.5. The van der Waals surface area contributed by atoms with Gasteiger partial charge in [-0.25, -0.2) is 0 Å². The van der Waals surface area contributed by atoms with Gasteiger partial charge in [-0.2, -0.15) is 0 Å². The zero-order valence-electron chi connectivity index (χ0n) is 19.8. The number of anilines is 1. The van der Waals surface area contributed by atoms with Crippen LogP contribution in [0.25, 0.3) is 5.76 Å². The van der Waals surface area contributed by atoms with Gasteiger partial charge in [-0.1, -0.05) is 5.16 Å². The summed E-state index contributed by atoms with van der Waals surface area (Å²) in [5.74, 6) is 0.000891. The number of Topliss-reactive ketones (excluding diaryl/α,β-unsaturated/α-hetero) is 1. The molecule has 1 atom stereocenters. The first-order valence-corrected chi connectivity index (χ1v) is 10.5. The van der Waals surface area contributed by atoms with E-state index in [2.05, 4.69) is 5.16 Å². The van der Waals surface area contributed by atoms with Gasteiger partial charge in [0.25, 0.3) is 5.78 Å². The lowest BCUT2D eigenvalue weighted by atomic mass is 9.94. The van der Waals surface area contributed by atoms with E-state index in [0.29, 0.717) is 39.9 Å². The molecule has 0 spiro atoms. The fourth-order valence-corrected chi connectivity index (χ4v) is 4.01. The molecule has 0 aliphatic carbocycles. The smallest absolute Gasteiger partial charge is 0.301 e. The number of aliphatic hydroxyl groups excluding tert-OH is 1. The van der Waals surface area contributed by atoms with Crippen LogP contribution in [-0.4, -0.2) is 50.4 Å². The van der Waals surface area contributed by atoms with Gasteiger partial charge in [0.05, 0.1) is 40.1 Å². The van der Waals surface area contributed by atoms with Crippen LogP contribution in [0.2, 0.25) is 0 Å². The second kappa shape index (κ2) is 9.41. The highest BCUT2D eigenvalue weighted by molar-refractivity contribution is 6.51. The Morgan fingerprint density at radius 1 is 0.943 bits per heavy atom. The number of benzene rings is 2. The average Bonchev–Trinajstić information content (AvgIpc) is 3.42. The molecule has 2 heterocycles. The summed E-state index contributed by atoms with van der Waals surface area (Å²) in [5.41, 5.74) is 0.627. The van der Waals surface area contributed by atoms with E-state index < -0.39 is 17.7 Å². The van der Waals surface area contributed by atoms with Crippen molar-refractivity contribution in [1.29, 1.82) is 0 Å². The van der Waals surface area contributed by atoms with E-state index in [0.717, 1.165) is 0 Å². The van der Waals surface area contributed by atoms with Crippen molar-refractivity contribution in [3.05, 3.63) is 64.9 Å². The predicted octanol–water partition coefficient (Wildman–Crippen LogP) is 3.64. The molecular weight excluding hydrogens is 456 g/mol. The largest absolute Gasteiger partial charge is 0.507 e. The van der Waals surface area contributed by atoms with Gasteiger partial charge in [0.2, 0.25) is 5.75 Å². The van der Waals surface area contributed by atoms with Crippen LogP contribution in [0.3, 0.4) is 0 Å². The molecule has 1 aliphatic heterocycles. The number of nitrogens with zero attached hydrogens (tertiary/aromatic N) is 2. The van der Waals surface area contributed by atoms with Crippen molar-refractivity contribution in [3.8, 4) is 23.0 Å². The number of aryl methyl sites for hydroxylation is 1. The monoisotopic (exact) mass is 480 g/mol. The number of carbonyl (C=O) groups excluding carboxylic acids is 2. The van der Waals surface area contributed by atoms with Gasteiger partial charge in [0, 0.05) is 11.6 Å². The van der Waals surface area contributed by atoms with Crippen LogP contribution in [0.1, 0.15) is 22.9 Å². The average molecular weight is 480 g/mol. The number of aromatic nitrogens is 1. The number of carbonyl (C=O) groups is 2. The van der Waals surface area contributed by atoms with E-state index in [-0.39, 0.29) is 17.2 Å². The second-order valence-electron chi connectivity index (χ2n) is 7.65. The molecule has 3 aromatic rings. The van der Waals surface area contributed by atoms with Crippen LogP contribution in [-0.2, 0) is 9.59 Å². The van der Waals surface area contributed by atoms with Crippen LogP contribution in [0.15, 0.2) is 52.6 Å². The van der Waals surface area contributed by atoms with E-state index in [4.69, 9.17) is 23.5 Å². The van der Waals surface area contributed by atoms with Gasteiger partial charge >= 0.3 is 5.91 Å². The molecule has 1 aliphatic rings. The van der Waals surface area contributed by atoms with Crippen molar-refractivity contribution in [2.75, 3.05) is 33.3 Å². The molecule has 0 radical (unpaired) electrons. The molecule has 10 heteroatoms. The van der Waals surface area contributed by atoms with Gasteiger partial charge in [-0.3, -0.25) is 14.5 Å². The van der Waals surface area contributed by atoms with Crippen molar-refractivity contribution in [2.45, 2.75) is 13.0 Å². The Morgan fingerprint density at radius 2 is 1.57 bits per heavy atom. The Labute approximate surface area is 201 Å². The molecule has 1 fully saturated rings. The SMILES string of the molecule is COc1ccc(C(O)=C2C(=O)C(=O)N(c3cc(C)on3)[C@H]2c2cc(OC)c(OC)c(OC)c2)cc1. The van der Waals surface area contributed by atoms with Gasteiger partial charge in [-0.15, -0.1) is 0 Å². The lowest BCUT2D eigenvalue weighted by Gasteiger charge is -2.24. The van der Waals surface area contributed by atoms with Gasteiger partial charge in [-0.05, 0) is 48.9 Å². The third kappa shape index (κ3) is 4.03. The first-order chi connectivity index (χ1) is 16.8. The van der Waals surface area contributed by atoms with E-state index in [1.807, 2.05) is 0 Å². The number of hydrogen-bond acceptors (Lipinski definition) is 9. The Balaban J connectivity index is 1.98. The summed E-state index contributed by atoms with van der Waals surface area (Å²) in [6.45, 7) is 1.67. The van der Waals surface area contributed by atoms with E-state index >= 15 is 0 Å². The molecular formula is C25H24N2O8. The lowest BCUT2D eigenvalue weighted by molar-refractivity contribution is -0.132. The third-order valence-corrected chi connectivity index (χ3v) is 5.67. The third-order valence-electron chi connectivity index (χ3n) is 5.67. The fraction of sp³-hybridized carbons (Fsp3) is 0.240. The van der Waals surface area contributed by atoms with Crippen molar-refractivity contribution in [1.82, 2.24) is 5.16 Å². The Bertz CT molecular complexity index is 1280. The molecule has 4 rings (SSSR count). The summed E-state index contributed by atoms with van der Waals surface area (Å²) in [7, 11) is 5.89. The number of ketones is 1. The standard InChI is InChI=1S/C25H24N2O8/c1-13-10-19(26-35-13)27-21(15-11-17(32-3)24(34-5)18(12-15)33-4)20(23(29)25(27)30)22(28)14-6-8-16(31-2)9-7-14/h6-12,21,28H,1-5H3/t21-/m0/s1. The highest BCUT2D eigenvalue weighted by Crippen LogP contribution is 2.47. The van der Waals surface area contributed by atoms with Crippen molar-refractivity contribution in [3.63, 3.8) is 0 Å². The maximum atomic E-state index is 13.3. The summed E-state index contributed by atoms with van der Waals surface area (Å²) in [5, 5.41) is 15.2. The molecule has 182 valence electrons. The number of methoxy groups -OCH3 is 4. The van der Waals surface area contributed by atoms with Crippen LogP contribution >= 0.6 is 0 Å². The van der Waals surface area contributed by atoms with Gasteiger partial charge < -0.3 is 28.6 Å². The highest BCUT2D eigenvalue weighted by Gasteiger charge is 2.48. The molecule has 0 unspecified atom stereocenters. The lowest BCUT2D eigenvalue weighted by Crippen LogP contribution is -2.29. The van der Waals surface area contributed by atoms with Gasteiger partial charge in [0.1, 0.15) is 17.3 Å². The summed E-state index contributed by atoms with van der Waals surface area (Å²) in [6, 6.07) is 10.2. The minimum Gasteiger partial charge on any atom is -0.507 e. The normalized spacial score (nSPS) is 16.9. The zero-order valence-corrected chi connectivity index (χ0v) is 19.8. The Morgan fingerprint density at radius 3 is 2.06 bits per heavy atom. The van der Waals surface area contributed by atoms with E-state index in [1.165, 1.54) is 39.4 Å². The minimum absolute atomic E-state index is 0.122. The second-order valence-corrected chi connectivity index (χ2v) is 7.65. The van der Waals surface area contributed by atoms with Crippen LogP contribution in [0.5, 0.6) is 23.0 Å². The molecule has 10 nitrogen and oxygen atoms in total. The van der Waals surface area contributed by atoms with Crippen molar-refractivity contribution >= 4 is 23.3 Å². The topological polar surface area (TPSA) is 121 Å². The van der Waals surface area contributed by atoms with Crippen molar-refractivity contribution in [2.24, 2.45) is 0 Å². The van der Waals surface area contributed by atoms with Crippen molar-refractivity contribution < 1.29 is 38.2 Å². The Kier molecular flexibility index (Phi) is 6.37. The van der Waals surface area contributed by atoms with E-state index in [9.17, 15) is 14.7 Å². The minimum atomic E-state index is -1.06. The molecule has 1 aromatic heterocycles. The number of aliphatic hydroxyl groups is 1. The molecule has 1 N–H and O–H groups in total. The van der Waals surface area contributed by atoms with Crippen LogP contribution < -0.4 is 23.8 Å². The molecule has 35 heavy (non-hydrogen) atoms. The van der Waals surface area contributed by atoms with E-state index in [1.54, 1.807) is 43.3 Å². The first kappa shape index (κ1) is 23.7. The summed E-state index contributed by atoms with van der Waals surface area (Å²) < 4.78 is 26.7. The summed E-state index contributed by atoms with van der Waals surface area (Å²) in [4.78, 5) is 27.7. The molecule has 1 saturated heterocycles. The Hall–Kier alpha value is -4.47. The summed E-state index contributed by atoms with van der Waals surface area (Å²) in [6.07, 6.45) is 0. The summed E-state index contributed by atoms with van der Waals surface area (Å²) >= 11 is 0. The molecule has 0 saturated carbocycles. The van der Waals surface area contributed by atoms with Crippen LogP contribution in [0.4, 0.5) is 5.82 Å². The van der Waals surface area contributed by atoms with Gasteiger partial charge in [0.15, 0.2) is 17.3 Å². The number of rotatable bonds is 7. The fourth-order valence-electron chi connectivity index (χ4n) is 4.01. The maximum absolute atomic E-state index is 13.3. The first-order valence-electron chi connectivity index (χ1n) is 10.5. The molecule has 0 bridgehead atoms. The quantitative estimate of drug-likeness (QED) is 0.307. The number of ether oxygens (including phenoxy) is 4. The maximum Gasteiger partial charge on any atom is 0.301 e. The number of amides is 1. The predicted molar refractivity (Wildman–Crippen MR) is 125 cm³/mol. The van der Waals surface area contributed by atoms with Crippen LogP contribution in [0, 0.1) is 6.92 Å². The molecule has 2 aromatic carbocycles. The zero-order chi connectivity index (χ0) is 25.3. The number of hydrogen-bond donors (Lipinski definition) is 1.